The zero-order valence-corrected chi connectivity index (χ0v) is 22.1. The van der Waals surface area contributed by atoms with Crippen LogP contribution in [-0.2, 0) is 11.8 Å². The highest BCUT2D eigenvalue weighted by molar-refractivity contribution is 6.10. The summed E-state index contributed by atoms with van der Waals surface area (Å²) in [6.45, 7) is 1.69. The number of nitro benzene ring substituents is 1. The fourth-order valence-corrected chi connectivity index (χ4v) is 4.39. The fraction of sp³-hybridized carbons (Fsp3) is 0.0667. The topological polar surface area (TPSA) is 141 Å². The van der Waals surface area contributed by atoms with E-state index in [1.165, 1.54) is 29.0 Å². The van der Waals surface area contributed by atoms with Crippen molar-refractivity contribution < 1.29 is 9.72 Å². The van der Waals surface area contributed by atoms with Crippen LogP contribution in [0.4, 0.5) is 11.4 Å². The zero-order valence-electron chi connectivity index (χ0n) is 22.1. The molecule has 0 spiro atoms. The molecule has 0 fully saturated rings. The van der Waals surface area contributed by atoms with Crippen LogP contribution in [0.25, 0.3) is 28.7 Å². The van der Waals surface area contributed by atoms with E-state index in [0.717, 1.165) is 0 Å². The summed E-state index contributed by atoms with van der Waals surface area (Å²) >= 11 is 0. The van der Waals surface area contributed by atoms with Crippen molar-refractivity contribution in [3.05, 3.63) is 128 Å². The monoisotopic (exact) mass is 545 g/mol. The van der Waals surface area contributed by atoms with Gasteiger partial charge in [0.05, 0.1) is 22.0 Å². The first-order valence-electron chi connectivity index (χ1n) is 12.5. The zero-order chi connectivity index (χ0) is 29.1. The van der Waals surface area contributed by atoms with Gasteiger partial charge in [-0.25, -0.2) is 9.36 Å². The van der Waals surface area contributed by atoms with Gasteiger partial charge >= 0.3 is 0 Å². The Balaban J connectivity index is 1.56. The van der Waals surface area contributed by atoms with E-state index in [2.05, 4.69) is 10.4 Å². The number of nitriles is 1. The molecule has 202 valence electrons. The SMILES string of the molecule is Cc1c(NC(=O)C(C#N)=Cc2cn(-c3ccccc3)nc2-c2cccc([N+](=O)[O-])c2)c(=O)n(-c2ccccc2)n1C. The quantitative estimate of drug-likeness (QED) is 0.135. The molecule has 11 nitrogen and oxygen atoms in total. The summed E-state index contributed by atoms with van der Waals surface area (Å²) < 4.78 is 4.60. The van der Waals surface area contributed by atoms with Gasteiger partial charge in [-0.2, -0.15) is 10.4 Å². The lowest BCUT2D eigenvalue weighted by Gasteiger charge is -2.07. The molecule has 1 N–H and O–H groups in total. The first kappa shape index (κ1) is 26.6. The number of carbonyl (C=O) groups excluding carboxylic acids is 1. The lowest BCUT2D eigenvalue weighted by molar-refractivity contribution is -0.384. The molecule has 0 unspecified atom stereocenters. The number of carbonyl (C=O) groups is 1. The summed E-state index contributed by atoms with van der Waals surface area (Å²) in [5.74, 6) is -0.782. The smallest absolute Gasteiger partial charge is 0.295 e. The van der Waals surface area contributed by atoms with Gasteiger partial charge in [-0.3, -0.25) is 24.4 Å². The molecule has 5 aromatic rings. The number of amides is 1. The van der Waals surface area contributed by atoms with Gasteiger partial charge in [0.15, 0.2) is 0 Å². The summed E-state index contributed by atoms with van der Waals surface area (Å²) in [5.41, 5.74) is 2.17. The minimum atomic E-state index is -0.782. The third-order valence-electron chi connectivity index (χ3n) is 6.55. The summed E-state index contributed by atoms with van der Waals surface area (Å²) in [5, 5.41) is 28.5. The molecule has 1 amide bonds. The molecule has 0 saturated heterocycles. The van der Waals surface area contributed by atoms with Crippen LogP contribution in [0.5, 0.6) is 0 Å². The summed E-state index contributed by atoms with van der Waals surface area (Å²) in [6.07, 6.45) is 2.98. The average Bonchev–Trinajstić information content (AvgIpc) is 3.51. The number of para-hydroxylation sites is 2. The van der Waals surface area contributed by atoms with E-state index < -0.39 is 16.4 Å². The Bertz CT molecular complexity index is 1910. The summed E-state index contributed by atoms with van der Waals surface area (Å²) in [7, 11) is 1.70. The number of anilines is 1. The summed E-state index contributed by atoms with van der Waals surface area (Å²) in [4.78, 5) is 37.4. The van der Waals surface area contributed by atoms with Crippen molar-refractivity contribution in [3.63, 3.8) is 0 Å². The molecule has 0 atom stereocenters. The number of nitrogens with zero attached hydrogens (tertiary/aromatic N) is 6. The van der Waals surface area contributed by atoms with Crippen LogP contribution in [0.1, 0.15) is 11.3 Å². The highest BCUT2D eigenvalue weighted by atomic mass is 16.6. The Labute approximate surface area is 234 Å². The molecule has 3 aromatic carbocycles. The molecule has 0 radical (unpaired) electrons. The van der Waals surface area contributed by atoms with Crippen LogP contribution in [0, 0.1) is 28.4 Å². The lowest BCUT2D eigenvalue weighted by atomic mass is 10.1. The highest BCUT2D eigenvalue weighted by Gasteiger charge is 2.21. The molecule has 11 heteroatoms. The molecular weight excluding hydrogens is 522 g/mol. The maximum atomic E-state index is 13.3. The number of benzene rings is 3. The van der Waals surface area contributed by atoms with Crippen LogP contribution in [0.2, 0.25) is 0 Å². The molecule has 2 heterocycles. The minimum absolute atomic E-state index is 0.0430. The van der Waals surface area contributed by atoms with E-state index >= 15 is 0 Å². The largest absolute Gasteiger partial charge is 0.315 e. The average molecular weight is 546 g/mol. The number of nitrogens with one attached hydrogen (secondary N) is 1. The molecule has 41 heavy (non-hydrogen) atoms. The van der Waals surface area contributed by atoms with Gasteiger partial charge in [-0.05, 0) is 37.3 Å². The number of non-ortho nitro benzene ring substituents is 1. The predicted octanol–water partition coefficient (Wildman–Crippen LogP) is 4.79. The van der Waals surface area contributed by atoms with Crippen molar-refractivity contribution in [2.75, 3.05) is 5.32 Å². The predicted molar refractivity (Wildman–Crippen MR) is 154 cm³/mol. The molecular formula is C30H23N7O4. The third kappa shape index (κ3) is 5.17. The second-order valence-electron chi connectivity index (χ2n) is 9.08. The van der Waals surface area contributed by atoms with Crippen LogP contribution in [0.3, 0.4) is 0 Å². The molecule has 0 saturated carbocycles. The maximum absolute atomic E-state index is 13.3. The Kier molecular flexibility index (Phi) is 7.13. The van der Waals surface area contributed by atoms with E-state index in [1.54, 1.807) is 59.9 Å². The van der Waals surface area contributed by atoms with Gasteiger partial charge in [0.25, 0.3) is 17.2 Å². The van der Waals surface area contributed by atoms with Crippen LogP contribution in [0.15, 0.2) is 101 Å². The van der Waals surface area contributed by atoms with Crippen molar-refractivity contribution in [1.29, 1.82) is 5.26 Å². The third-order valence-corrected chi connectivity index (χ3v) is 6.55. The Hall–Kier alpha value is -6.02. The molecule has 0 aliphatic heterocycles. The van der Waals surface area contributed by atoms with E-state index in [-0.39, 0.29) is 16.9 Å². The van der Waals surface area contributed by atoms with Crippen molar-refractivity contribution in [1.82, 2.24) is 19.1 Å². The highest BCUT2D eigenvalue weighted by Crippen LogP contribution is 2.28. The van der Waals surface area contributed by atoms with Gasteiger partial charge in [-0.1, -0.05) is 48.5 Å². The van der Waals surface area contributed by atoms with Crippen LogP contribution in [-0.4, -0.2) is 30.0 Å². The van der Waals surface area contributed by atoms with Crippen LogP contribution < -0.4 is 10.9 Å². The van der Waals surface area contributed by atoms with E-state index in [4.69, 9.17) is 0 Å². The Morgan fingerprint density at radius 2 is 1.68 bits per heavy atom. The molecule has 2 aromatic heterocycles. The van der Waals surface area contributed by atoms with E-state index in [0.29, 0.717) is 33.9 Å². The second-order valence-corrected chi connectivity index (χ2v) is 9.08. The van der Waals surface area contributed by atoms with Gasteiger partial charge in [-0.15, -0.1) is 0 Å². The molecule has 5 rings (SSSR count). The first-order valence-corrected chi connectivity index (χ1v) is 12.5. The second kappa shape index (κ2) is 11.0. The number of hydrogen-bond acceptors (Lipinski definition) is 6. The first-order chi connectivity index (χ1) is 19.8. The molecule has 0 aliphatic carbocycles. The van der Waals surface area contributed by atoms with Crippen LogP contribution >= 0.6 is 0 Å². The van der Waals surface area contributed by atoms with Gasteiger partial charge in [0.2, 0.25) is 0 Å². The van der Waals surface area contributed by atoms with Crippen molar-refractivity contribution in [2.24, 2.45) is 7.05 Å². The number of hydrogen-bond donors (Lipinski definition) is 1. The molecule has 0 bridgehead atoms. The fourth-order valence-electron chi connectivity index (χ4n) is 4.39. The van der Waals surface area contributed by atoms with Gasteiger partial charge in [0.1, 0.15) is 23.0 Å². The number of nitro groups is 1. The van der Waals surface area contributed by atoms with E-state index in [1.807, 2.05) is 42.5 Å². The van der Waals surface area contributed by atoms with Crippen molar-refractivity contribution in [3.8, 4) is 28.7 Å². The molecule has 0 aliphatic rings. The van der Waals surface area contributed by atoms with Crippen molar-refractivity contribution >= 4 is 23.4 Å². The van der Waals surface area contributed by atoms with Gasteiger partial charge < -0.3 is 5.32 Å². The van der Waals surface area contributed by atoms with E-state index in [9.17, 15) is 25.0 Å². The Morgan fingerprint density at radius 1 is 1.02 bits per heavy atom. The number of aromatic nitrogens is 4. The Morgan fingerprint density at radius 3 is 2.32 bits per heavy atom. The lowest BCUT2D eigenvalue weighted by Crippen LogP contribution is -2.23. The van der Waals surface area contributed by atoms with Gasteiger partial charge in [0, 0.05) is 36.5 Å². The number of rotatable bonds is 7. The summed E-state index contributed by atoms with van der Waals surface area (Å²) in [6, 6.07) is 26.0. The standard InChI is InChI=1S/C30H23N7O4/c1-20-27(30(39)36(34(20)2)25-13-7-4-8-14-25)32-29(38)22(18-31)16-23-19-35(24-11-5-3-6-12-24)33-28(23)21-10-9-15-26(17-21)37(40)41/h3-17,19H,1-2H3,(H,32,38). The van der Waals surface area contributed by atoms with Crippen molar-refractivity contribution in [2.45, 2.75) is 6.92 Å². The minimum Gasteiger partial charge on any atom is -0.315 e. The normalized spacial score (nSPS) is 11.2. The maximum Gasteiger partial charge on any atom is 0.295 e.